The number of rotatable bonds is 1. The average Bonchev–Trinajstić information content (AvgIpc) is 3.10. The highest BCUT2D eigenvalue weighted by atomic mass is 32.2. The van der Waals surface area contributed by atoms with Crippen LogP contribution in [0.3, 0.4) is 0 Å². The maximum absolute atomic E-state index is 3.70. The van der Waals surface area contributed by atoms with Crippen molar-refractivity contribution in [1.82, 2.24) is 0 Å². The largest absolute Gasteiger partial charge is 0.353 e. The van der Waals surface area contributed by atoms with Crippen molar-refractivity contribution in [3.63, 3.8) is 0 Å². The first kappa shape index (κ1) is 15.3. The molecule has 0 fully saturated rings. The zero-order valence-electron chi connectivity index (χ0n) is 14.4. The first-order chi connectivity index (χ1) is 13.4. The quantitative estimate of drug-likeness (QED) is 0.310. The fourth-order valence-corrected chi connectivity index (χ4v) is 6.04. The van der Waals surface area contributed by atoms with Gasteiger partial charge in [-0.1, -0.05) is 66.4 Å². The van der Waals surface area contributed by atoms with Crippen LogP contribution in [0.25, 0.3) is 31.3 Å². The molecule has 0 saturated heterocycles. The van der Waals surface area contributed by atoms with E-state index in [1.807, 2.05) is 23.1 Å². The second-order valence-electron chi connectivity index (χ2n) is 6.68. The van der Waals surface area contributed by atoms with E-state index in [0.29, 0.717) is 0 Å². The zero-order valence-corrected chi connectivity index (χ0v) is 16.0. The molecule has 0 amide bonds. The summed E-state index contributed by atoms with van der Waals surface area (Å²) in [7, 11) is 0. The Morgan fingerprint density at radius 3 is 2.33 bits per heavy atom. The minimum atomic E-state index is 1.19. The number of hydrogen-bond acceptors (Lipinski definition) is 3. The van der Waals surface area contributed by atoms with Gasteiger partial charge in [0.15, 0.2) is 0 Å². The molecule has 3 heteroatoms. The van der Waals surface area contributed by atoms with Crippen LogP contribution in [-0.2, 0) is 0 Å². The fourth-order valence-electron chi connectivity index (χ4n) is 3.88. The summed E-state index contributed by atoms with van der Waals surface area (Å²) >= 11 is 3.71. The van der Waals surface area contributed by atoms with Gasteiger partial charge in [-0.3, -0.25) is 0 Å². The van der Waals surface area contributed by atoms with Gasteiger partial charge in [-0.2, -0.15) is 0 Å². The van der Waals surface area contributed by atoms with Gasteiger partial charge in [0.05, 0.1) is 11.4 Å². The second kappa shape index (κ2) is 5.88. The summed E-state index contributed by atoms with van der Waals surface area (Å²) < 4.78 is 2.69. The molecule has 1 nitrogen and oxygen atoms in total. The molecule has 1 N–H and O–H groups in total. The van der Waals surface area contributed by atoms with Crippen molar-refractivity contribution < 1.29 is 0 Å². The molecular weight excluding hydrogens is 366 g/mol. The minimum absolute atomic E-state index is 1.19. The van der Waals surface area contributed by atoms with Crippen molar-refractivity contribution in [3.05, 3.63) is 84.9 Å². The van der Waals surface area contributed by atoms with Crippen LogP contribution < -0.4 is 5.32 Å². The molecule has 128 valence electrons. The highest BCUT2D eigenvalue weighted by Gasteiger charge is 2.20. The van der Waals surface area contributed by atoms with Crippen LogP contribution in [0.5, 0.6) is 0 Å². The number of hydrogen-bond donors (Lipinski definition) is 1. The monoisotopic (exact) mass is 381 g/mol. The molecular formula is C24H15NS2. The Morgan fingerprint density at radius 1 is 0.593 bits per heavy atom. The van der Waals surface area contributed by atoms with Crippen LogP contribution >= 0.6 is 23.1 Å². The summed E-state index contributed by atoms with van der Waals surface area (Å²) in [5.41, 5.74) is 4.96. The third-order valence-corrected chi connectivity index (χ3v) is 7.36. The Bertz CT molecular complexity index is 1330. The zero-order chi connectivity index (χ0) is 17.8. The maximum Gasteiger partial charge on any atom is 0.0606 e. The van der Waals surface area contributed by atoms with Crippen molar-refractivity contribution in [2.75, 3.05) is 5.32 Å². The molecule has 0 bridgehead atoms. The Labute approximate surface area is 165 Å². The Morgan fingerprint density at radius 2 is 1.33 bits per heavy atom. The molecule has 0 saturated carbocycles. The molecule has 27 heavy (non-hydrogen) atoms. The van der Waals surface area contributed by atoms with Crippen molar-refractivity contribution in [3.8, 4) is 11.1 Å². The lowest BCUT2D eigenvalue weighted by atomic mass is 9.97. The lowest BCUT2D eigenvalue weighted by Crippen LogP contribution is -2.01. The predicted molar refractivity (Wildman–Crippen MR) is 119 cm³/mol. The molecule has 1 aromatic heterocycles. The summed E-state index contributed by atoms with van der Waals surface area (Å²) in [5, 5.41) is 6.40. The van der Waals surface area contributed by atoms with Gasteiger partial charge in [0, 0.05) is 35.5 Å². The summed E-state index contributed by atoms with van der Waals surface area (Å²) in [5.74, 6) is 0. The molecule has 1 aliphatic rings. The fraction of sp³-hybridized carbons (Fsp3) is 0. The topological polar surface area (TPSA) is 12.0 Å². The molecule has 0 spiro atoms. The number of nitrogens with one attached hydrogen (secondary N) is 1. The third kappa shape index (κ3) is 2.32. The van der Waals surface area contributed by atoms with Crippen molar-refractivity contribution in [2.24, 2.45) is 0 Å². The van der Waals surface area contributed by atoms with E-state index >= 15 is 0 Å². The van der Waals surface area contributed by atoms with Gasteiger partial charge in [0.2, 0.25) is 0 Å². The summed E-state index contributed by atoms with van der Waals surface area (Å²) in [6, 6.07) is 30.5. The first-order valence-electron chi connectivity index (χ1n) is 8.96. The van der Waals surface area contributed by atoms with Crippen molar-refractivity contribution in [2.45, 2.75) is 9.79 Å². The van der Waals surface area contributed by atoms with Crippen LogP contribution in [0.4, 0.5) is 11.4 Å². The number of para-hydroxylation sites is 2. The van der Waals surface area contributed by atoms with E-state index in [-0.39, 0.29) is 0 Å². The SMILES string of the molecule is c1ccc2c(c1)Nc1c(cccc1-c1cccc3sc4ccccc4c13)S2. The molecule has 0 radical (unpaired) electrons. The molecule has 0 aliphatic carbocycles. The molecule has 0 unspecified atom stereocenters. The van der Waals surface area contributed by atoms with Gasteiger partial charge >= 0.3 is 0 Å². The number of thiophene rings is 1. The lowest BCUT2D eigenvalue weighted by molar-refractivity contribution is 1.32. The van der Waals surface area contributed by atoms with Gasteiger partial charge in [-0.05, 0) is 35.9 Å². The van der Waals surface area contributed by atoms with E-state index in [1.165, 1.54) is 52.5 Å². The number of anilines is 2. The summed E-state index contributed by atoms with van der Waals surface area (Å²) in [6.45, 7) is 0. The van der Waals surface area contributed by atoms with E-state index in [2.05, 4.69) is 90.2 Å². The van der Waals surface area contributed by atoms with Crippen molar-refractivity contribution >= 4 is 54.6 Å². The standard InChI is InChI=1S/C24H15NS2/c1-3-11-19-17(7-1)23-15(8-5-13-21(23)26-19)16-9-6-14-22-24(16)25-18-10-2-4-12-20(18)27-22/h1-14,25H. The minimum Gasteiger partial charge on any atom is -0.353 e. The normalized spacial score (nSPS) is 12.6. The van der Waals surface area contributed by atoms with Crippen LogP contribution in [0.1, 0.15) is 0 Å². The van der Waals surface area contributed by atoms with Gasteiger partial charge in [-0.25, -0.2) is 0 Å². The summed E-state index contributed by atoms with van der Waals surface area (Å²) in [6.07, 6.45) is 0. The van der Waals surface area contributed by atoms with Crippen LogP contribution in [0.2, 0.25) is 0 Å². The van der Waals surface area contributed by atoms with Crippen LogP contribution in [0.15, 0.2) is 94.7 Å². The number of benzene rings is 4. The third-order valence-electron chi connectivity index (χ3n) is 5.09. The van der Waals surface area contributed by atoms with E-state index in [9.17, 15) is 0 Å². The van der Waals surface area contributed by atoms with E-state index in [0.717, 1.165) is 0 Å². The smallest absolute Gasteiger partial charge is 0.0606 e. The molecule has 0 atom stereocenters. The van der Waals surface area contributed by atoms with Gasteiger partial charge in [0.25, 0.3) is 0 Å². The molecule has 6 rings (SSSR count). The number of fused-ring (bicyclic) bond motifs is 5. The Kier molecular flexibility index (Phi) is 3.34. The van der Waals surface area contributed by atoms with Gasteiger partial charge in [0.1, 0.15) is 0 Å². The van der Waals surface area contributed by atoms with E-state index in [1.54, 1.807) is 0 Å². The molecule has 1 aliphatic heterocycles. The predicted octanol–water partition coefficient (Wildman–Crippen LogP) is 7.93. The lowest BCUT2D eigenvalue weighted by Gasteiger charge is -2.23. The van der Waals surface area contributed by atoms with Crippen molar-refractivity contribution in [1.29, 1.82) is 0 Å². The molecule has 4 aromatic carbocycles. The van der Waals surface area contributed by atoms with Crippen LogP contribution in [-0.4, -0.2) is 0 Å². The first-order valence-corrected chi connectivity index (χ1v) is 10.6. The maximum atomic E-state index is 3.70. The Balaban J connectivity index is 1.64. The van der Waals surface area contributed by atoms with E-state index in [4.69, 9.17) is 0 Å². The van der Waals surface area contributed by atoms with E-state index < -0.39 is 0 Å². The van der Waals surface area contributed by atoms with Crippen LogP contribution in [0, 0.1) is 0 Å². The average molecular weight is 382 g/mol. The summed E-state index contributed by atoms with van der Waals surface area (Å²) in [4.78, 5) is 2.56. The second-order valence-corrected chi connectivity index (χ2v) is 8.85. The van der Waals surface area contributed by atoms with Gasteiger partial charge < -0.3 is 5.32 Å². The Hall–Kier alpha value is -2.75. The van der Waals surface area contributed by atoms with Gasteiger partial charge in [-0.15, -0.1) is 11.3 Å². The molecule has 2 heterocycles. The highest BCUT2D eigenvalue weighted by molar-refractivity contribution is 7.99. The highest BCUT2D eigenvalue weighted by Crippen LogP contribution is 2.49. The molecule has 5 aromatic rings.